The van der Waals surface area contributed by atoms with Crippen molar-refractivity contribution in [2.24, 2.45) is 0 Å². The van der Waals surface area contributed by atoms with E-state index in [0.717, 1.165) is 5.56 Å². The molecule has 1 aromatic carbocycles. The highest BCUT2D eigenvalue weighted by molar-refractivity contribution is 7.89. The molecule has 2 aliphatic heterocycles. The van der Waals surface area contributed by atoms with Crippen molar-refractivity contribution in [1.29, 1.82) is 0 Å². The number of hydrogen-bond acceptors (Lipinski definition) is 6. The number of ether oxygens (including phenoxy) is 1. The molecule has 0 spiro atoms. The van der Waals surface area contributed by atoms with E-state index in [4.69, 9.17) is 4.74 Å². The topological polar surface area (TPSA) is 113 Å². The molecule has 1 N–H and O–H groups in total. The molecule has 27 heavy (non-hydrogen) atoms. The van der Waals surface area contributed by atoms with E-state index in [0.29, 0.717) is 0 Å². The average molecular weight is 412 g/mol. The Labute approximate surface area is 158 Å². The number of nitrogens with zero attached hydrogens (tertiary/aromatic N) is 3. The fraction of sp³-hybridized carbons (Fsp3) is 0.438. The zero-order chi connectivity index (χ0) is 19.2. The smallest absolute Gasteiger partial charge is 0.260 e. The number of aromatic nitrogens is 2. The van der Waals surface area contributed by atoms with Gasteiger partial charge in [-0.2, -0.15) is 8.61 Å². The van der Waals surface area contributed by atoms with E-state index in [9.17, 15) is 16.8 Å². The van der Waals surface area contributed by atoms with E-state index in [1.54, 1.807) is 18.2 Å². The summed E-state index contributed by atoms with van der Waals surface area (Å²) in [6.07, 6.45) is 1.53. The van der Waals surface area contributed by atoms with Crippen molar-refractivity contribution >= 4 is 20.0 Å². The van der Waals surface area contributed by atoms with E-state index >= 15 is 0 Å². The van der Waals surface area contributed by atoms with Crippen LogP contribution in [-0.4, -0.2) is 73.8 Å². The van der Waals surface area contributed by atoms with Gasteiger partial charge in [0.1, 0.15) is 0 Å². The first kappa shape index (κ1) is 18.6. The van der Waals surface area contributed by atoms with Crippen molar-refractivity contribution < 1.29 is 21.6 Å². The summed E-state index contributed by atoms with van der Waals surface area (Å²) in [7, 11) is -7.36. The predicted molar refractivity (Wildman–Crippen MR) is 95.9 cm³/mol. The van der Waals surface area contributed by atoms with Crippen LogP contribution in [0.15, 0.2) is 46.7 Å². The highest BCUT2D eigenvalue weighted by Gasteiger charge is 2.43. The highest BCUT2D eigenvalue weighted by atomic mass is 32.2. The van der Waals surface area contributed by atoms with Gasteiger partial charge in [-0.3, -0.25) is 0 Å². The maximum atomic E-state index is 13.0. The van der Waals surface area contributed by atoms with Crippen LogP contribution in [0.5, 0.6) is 0 Å². The van der Waals surface area contributed by atoms with Crippen molar-refractivity contribution in [1.82, 2.24) is 18.6 Å². The molecular weight excluding hydrogens is 392 g/mol. The van der Waals surface area contributed by atoms with Crippen molar-refractivity contribution in [3.63, 3.8) is 0 Å². The lowest BCUT2D eigenvalue weighted by Crippen LogP contribution is -2.61. The number of hydrogen-bond donors (Lipinski definition) is 1. The minimum Gasteiger partial charge on any atom is -0.369 e. The second-order valence-corrected chi connectivity index (χ2v) is 10.6. The predicted octanol–water partition coefficient (Wildman–Crippen LogP) is 0.181. The Kier molecular flexibility index (Phi) is 4.59. The first-order chi connectivity index (χ1) is 12.8. The molecule has 1 aromatic heterocycles. The number of rotatable bonds is 4. The van der Waals surface area contributed by atoms with Gasteiger partial charge in [0.25, 0.3) is 10.0 Å². The summed E-state index contributed by atoms with van der Waals surface area (Å²) < 4.78 is 59.8. The lowest BCUT2D eigenvalue weighted by Gasteiger charge is -2.44. The number of morpholine rings is 2. The maximum Gasteiger partial charge on any atom is 0.260 e. The zero-order valence-electron chi connectivity index (χ0n) is 14.6. The SMILES string of the molecule is Cc1cccc(S(=O)(=O)N2CC3CN(S(=O)(=O)c4cnc[nH]4)CC(C2)O3)c1. The molecule has 2 aliphatic rings. The van der Waals surface area contributed by atoms with Crippen LogP contribution in [0.2, 0.25) is 0 Å². The van der Waals surface area contributed by atoms with Gasteiger partial charge in [0, 0.05) is 26.2 Å². The molecular formula is C16H20N4O5S2. The Morgan fingerprint density at radius 2 is 1.67 bits per heavy atom. The molecule has 0 radical (unpaired) electrons. The molecule has 9 nitrogen and oxygen atoms in total. The molecule has 11 heteroatoms. The standard InChI is InChI=1S/C16H20N4O5S2/c1-12-3-2-4-15(5-12)26(21,22)19-7-13-9-20(10-14(8-19)25-13)27(23,24)16-6-17-11-18-16/h2-6,11,13-14H,7-10H2,1H3,(H,17,18). The Balaban J connectivity index is 1.55. The Morgan fingerprint density at radius 3 is 2.22 bits per heavy atom. The van der Waals surface area contributed by atoms with Crippen molar-refractivity contribution in [2.75, 3.05) is 26.2 Å². The molecule has 0 amide bonds. The summed E-state index contributed by atoms with van der Waals surface area (Å²) in [6.45, 7) is 2.25. The number of sulfonamides is 2. The van der Waals surface area contributed by atoms with E-state index in [1.165, 1.54) is 21.1 Å². The summed E-state index contributed by atoms with van der Waals surface area (Å²) in [4.78, 5) is 6.61. The average Bonchev–Trinajstić information content (AvgIpc) is 3.16. The van der Waals surface area contributed by atoms with Gasteiger partial charge in [-0.05, 0) is 24.6 Å². The molecule has 2 bridgehead atoms. The fourth-order valence-corrected chi connectivity index (χ4v) is 6.47. The zero-order valence-corrected chi connectivity index (χ0v) is 16.3. The number of H-pyrrole nitrogens is 1. The minimum atomic E-state index is -3.70. The minimum absolute atomic E-state index is 0.0201. The third kappa shape index (κ3) is 3.41. The van der Waals surface area contributed by atoms with Gasteiger partial charge in [0.15, 0.2) is 5.03 Å². The Morgan fingerprint density at radius 1 is 1.04 bits per heavy atom. The number of imidazole rings is 1. The fourth-order valence-electron chi connectivity index (χ4n) is 3.46. The van der Waals surface area contributed by atoms with Crippen molar-refractivity contribution in [3.8, 4) is 0 Å². The molecule has 4 rings (SSSR count). The van der Waals surface area contributed by atoms with Crippen molar-refractivity contribution in [2.45, 2.75) is 29.1 Å². The largest absolute Gasteiger partial charge is 0.369 e. The third-order valence-electron chi connectivity index (χ3n) is 4.73. The van der Waals surface area contributed by atoms with Crippen LogP contribution in [0.1, 0.15) is 5.56 Å². The molecule has 0 saturated carbocycles. The molecule has 2 aromatic rings. The normalized spacial score (nSPS) is 24.8. The molecule has 2 saturated heterocycles. The maximum absolute atomic E-state index is 13.0. The lowest BCUT2D eigenvalue weighted by molar-refractivity contribution is -0.104. The van der Waals surface area contributed by atoms with Crippen LogP contribution in [0.4, 0.5) is 0 Å². The van der Waals surface area contributed by atoms with Gasteiger partial charge in [0.2, 0.25) is 10.0 Å². The van der Waals surface area contributed by atoms with Crippen LogP contribution >= 0.6 is 0 Å². The molecule has 2 fully saturated rings. The molecule has 2 atom stereocenters. The van der Waals surface area contributed by atoms with Crippen LogP contribution < -0.4 is 0 Å². The van der Waals surface area contributed by atoms with Gasteiger partial charge >= 0.3 is 0 Å². The van der Waals surface area contributed by atoms with Gasteiger partial charge < -0.3 is 9.72 Å². The van der Waals surface area contributed by atoms with Crippen LogP contribution in [-0.2, 0) is 24.8 Å². The Bertz CT molecular complexity index is 1020. The second-order valence-electron chi connectivity index (χ2n) is 6.76. The van der Waals surface area contributed by atoms with Crippen LogP contribution in [0.3, 0.4) is 0 Å². The summed E-state index contributed by atoms with van der Waals surface area (Å²) in [5.41, 5.74) is 0.862. The number of aryl methyl sites for hydroxylation is 1. The number of nitrogens with one attached hydrogen (secondary N) is 1. The van der Waals surface area contributed by atoms with E-state index in [1.807, 2.05) is 13.0 Å². The van der Waals surface area contributed by atoms with E-state index < -0.39 is 32.3 Å². The molecule has 2 unspecified atom stereocenters. The Hall–Kier alpha value is -1.79. The number of benzene rings is 1. The molecule has 146 valence electrons. The first-order valence-electron chi connectivity index (χ1n) is 8.47. The third-order valence-corrected chi connectivity index (χ3v) is 8.32. The quantitative estimate of drug-likeness (QED) is 0.767. The highest BCUT2D eigenvalue weighted by Crippen LogP contribution is 2.27. The molecule has 0 aliphatic carbocycles. The summed E-state index contributed by atoms with van der Waals surface area (Å²) in [5.74, 6) is 0. The summed E-state index contributed by atoms with van der Waals surface area (Å²) in [5, 5.41) is 0.0201. The monoisotopic (exact) mass is 412 g/mol. The molecule has 3 heterocycles. The number of fused-ring (bicyclic) bond motifs is 2. The van der Waals surface area contributed by atoms with Crippen molar-refractivity contribution in [3.05, 3.63) is 42.4 Å². The van der Waals surface area contributed by atoms with Gasteiger partial charge in [0.05, 0.1) is 29.6 Å². The van der Waals surface area contributed by atoms with E-state index in [-0.39, 0.29) is 36.1 Å². The van der Waals surface area contributed by atoms with Gasteiger partial charge in [-0.15, -0.1) is 0 Å². The van der Waals surface area contributed by atoms with Crippen LogP contribution in [0.25, 0.3) is 0 Å². The van der Waals surface area contributed by atoms with Crippen LogP contribution in [0, 0.1) is 6.92 Å². The van der Waals surface area contributed by atoms with Gasteiger partial charge in [-0.1, -0.05) is 12.1 Å². The summed E-state index contributed by atoms with van der Waals surface area (Å²) >= 11 is 0. The van der Waals surface area contributed by atoms with E-state index in [2.05, 4.69) is 9.97 Å². The first-order valence-corrected chi connectivity index (χ1v) is 11.4. The second kappa shape index (κ2) is 6.67. The summed E-state index contributed by atoms with van der Waals surface area (Å²) in [6, 6.07) is 6.76. The van der Waals surface area contributed by atoms with Gasteiger partial charge in [-0.25, -0.2) is 21.8 Å². The number of aromatic amines is 1. The lowest BCUT2D eigenvalue weighted by atomic mass is 10.2.